The van der Waals surface area contributed by atoms with Crippen molar-refractivity contribution in [3.05, 3.63) is 40.7 Å². The lowest BCUT2D eigenvalue weighted by molar-refractivity contribution is 0.563. The summed E-state index contributed by atoms with van der Waals surface area (Å²) >= 11 is 0. The van der Waals surface area contributed by atoms with Crippen molar-refractivity contribution >= 4 is 16.6 Å². The minimum Gasteiger partial charge on any atom is -0.369 e. The molecule has 0 aliphatic heterocycles. The number of hydrogen-bond donors (Lipinski definition) is 2. The molecular weight excluding hydrogens is 248 g/mol. The van der Waals surface area contributed by atoms with Crippen LogP contribution in [0.15, 0.2) is 35.1 Å². The van der Waals surface area contributed by atoms with E-state index in [0.717, 1.165) is 35.9 Å². The molecule has 0 bridgehead atoms. The fourth-order valence-corrected chi connectivity index (χ4v) is 2.60. The van der Waals surface area contributed by atoms with Crippen LogP contribution in [0.5, 0.6) is 0 Å². The molecule has 1 aromatic heterocycles. The topological polar surface area (TPSA) is 44.9 Å². The number of aromatic amines is 1. The standard InChI is InChI=1S/C17H24N2O/c1-3-5-10-14(8-4-2)18-16-12-13-9-6-7-11-15(13)17(20)19-16/h6-7,9,11-12,14H,3-5,8,10H2,1-2H3,(H2,18,19,20). The normalized spacial score (nSPS) is 12.5. The second-order valence-corrected chi connectivity index (χ2v) is 5.37. The number of aromatic nitrogens is 1. The van der Waals surface area contributed by atoms with Crippen LogP contribution in [-0.2, 0) is 0 Å². The molecule has 1 unspecified atom stereocenters. The fraction of sp³-hybridized carbons (Fsp3) is 0.471. The van der Waals surface area contributed by atoms with Crippen molar-refractivity contribution in [2.24, 2.45) is 0 Å². The van der Waals surface area contributed by atoms with Crippen molar-refractivity contribution in [2.45, 2.75) is 52.0 Å². The molecule has 0 saturated heterocycles. The van der Waals surface area contributed by atoms with E-state index in [1.165, 1.54) is 12.8 Å². The highest BCUT2D eigenvalue weighted by Gasteiger charge is 2.08. The van der Waals surface area contributed by atoms with Gasteiger partial charge in [-0.2, -0.15) is 0 Å². The second kappa shape index (κ2) is 7.13. The third-order valence-corrected chi connectivity index (χ3v) is 3.66. The van der Waals surface area contributed by atoms with Crippen LogP contribution in [0.4, 0.5) is 5.82 Å². The number of benzene rings is 1. The third-order valence-electron chi connectivity index (χ3n) is 3.66. The van der Waals surface area contributed by atoms with Crippen LogP contribution in [0.2, 0.25) is 0 Å². The summed E-state index contributed by atoms with van der Waals surface area (Å²) in [5, 5.41) is 5.23. The van der Waals surface area contributed by atoms with Crippen LogP contribution < -0.4 is 10.9 Å². The van der Waals surface area contributed by atoms with Crippen LogP contribution in [0.1, 0.15) is 46.0 Å². The van der Waals surface area contributed by atoms with Gasteiger partial charge in [0.2, 0.25) is 0 Å². The Kier molecular flexibility index (Phi) is 5.22. The number of H-pyrrole nitrogens is 1. The number of nitrogens with one attached hydrogen (secondary N) is 2. The van der Waals surface area contributed by atoms with E-state index in [1.54, 1.807) is 0 Å². The second-order valence-electron chi connectivity index (χ2n) is 5.37. The molecule has 20 heavy (non-hydrogen) atoms. The van der Waals surface area contributed by atoms with Crippen LogP contribution >= 0.6 is 0 Å². The summed E-state index contributed by atoms with van der Waals surface area (Å²) in [5.41, 5.74) is -0.0173. The van der Waals surface area contributed by atoms with E-state index < -0.39 is 0 Å². The molecule has 2 N–H and O–H groups in total. The number of anilines is 1. The Labute approximate surface area is 120 Å². The van der Waals surface area contributed by atoms with Crippen LogP contribution in [0, 0.1) is 0 Å². The summed E-state index contributed by atoms with van der Waals surface area (Å²) in [6.07, 6.45) is 5.86. The molecule has 0 fully saturated rings. The predicted octanol–water partition coefficient (Wildman–Crippen LogP) is 4.30. The Morgan fingerprint density at radius 3 is 2.70 bits per heavy atom. The first kappa shape index (κ1) is 14.6. The van der Waals surface area contributed by atoms with E-state index in [0.29, 0.717) is 6.04 Å². The molecule has 0 spiro atoms. The number of hydrogen-bond acceptors (Lipinski definition) is 2. The molecular formula is C17H24N2O. The molecule has 1 aromatic carbocycles. The lowest BCUT2D eigenvalue weighted by Crippen LogP contribution is -2.21. The maximum atomic E-state index is 12.1. The molecule has 0 aliphatic rings. The van der Waals surface area contributed by atoms with Gasteiger partial charge in [0, 0.05) is 11.4 Å². The van der Waals surface area contributed by atoms with Crippen molar-refractivity contribution in [2.75, 3.05) is 5.32 Å². The van der Waals surface area contributed by atoms with Gasteiger partial charge in [-0.25, -0.2) is 0 Å². The SMILES string of the molecule is CCCCC(CCC)Nc1cc2ccccc2c(=O)[nH]1. The number of rotatable bonds is 7. The Bertz CT molecular complexity index is 603. The Balaban J connectivity index is 2.21. The summed E-state index contributed by atoms with van der Waals surface area (Å²) in [4.78, 5) is 15.0. The average molecular weight is 272 g/mol. The van der Waals surface area contributed by atoms with Crippen LogP contribution in [0.25, 0.3) is 10.8 Å². The Morgan fingerprint density at radius 1 is 1.15 bits per heavy atom. The lowest BCUT2D eigenvalue weighted by Gasteiger charge is -2.19. The maximum Gasteiger partial charge on any atom is 0.257 e. The van der Waals surface area contributed by atoms with Gasteiger partial charge in [0.1, 0.15) is 5.82 Å². The largest absolute Gasteiger partial charge is 0.369 e. The van der Waals surface area contributed by atoms with Gasteiger partial charge in [0.05, 0.1) is 0 Å². The first-order chi connectivity index (χ1) is 9.74. The molecule has 0 aliphatic carbocycles. The maximum absolute atomic E-state index is 12.1. The van der Waals surface area contributed by atoms with Crippen molar-refractivity contribution in [1.29, 1.82) is 0 Å². The van der Waals surface area contributed by atoms with Crippen molar-refractivity contribution < 1.29 is 0 Å². The molecule has 108 valence electrons. The van der Waals surface area contributed by atoms with Gasteiger partial charge in [-0.1, -0.05) is 51.3 Å². The highest BCUT2D eigenvalue weighted by Crippen LogP contribution is 2.16. The van der Waals surface area contributed by atoms with Crippen LogP contribution in [-0.4, -0.2) is 11.0 Å². The Morgan fingerprint density at radius 2 is 1.95 bits per heavy atom. The smallest absolute Gasteiger partial charge is 0.257 e. The third kappa shape index (κ3) is 3.62. The van der Waals surface area contributed by atoms with E-state index in [-0.39, 0.29) is 5.56 Å². The zero-order valence-electron chi connectivity index (χ0n) is 12.4. The van der Waals surface area contributed by atoms with Crippen LogP contribution in [0.3, 0.4) is 0 Å². The van der Waals surface area contributed by atoms with Gasteiger partial charge in [-0.05, 0) is 30.4 Å². The summed E-state index contributed by atoms with van der Waals surface area (Å²) in [7, 11) is 0. The molecule has 1 heterocycles. The first-order valence-corrected chi connectivity index (χ1v) is 7.63. The van der Waals surface area contributed by atoms with Gasteiger partial charge in [-0.15, -0.1) is 0 Å². The van der Waals surface area contributed by atoms with Gasteiger partial charge in [0.15, 0.2) is 0 Å². The molecule has 0 amide bonds. The predicted molar refractivity (Wildman–Crippen MR) is 86.4 cm³/mol. The summed E-state index contributed by atoms with van der Waals surface area (Å²) < 4.78 is 0. The van der Waals surface area contributed by atoms with E-state index >= 15 is 0 Å². The summed E-state index contributed by atoms with van der Waals surface area (Å²) in [5.74, 6) is 0.836. The highest BCUT2D eigenvalue weighted by molar-refractivity contribution is 5.83. The van der Waals surface area contributed by atoms with Crippen molar-refractivity contribution in [3.8, 4) is 0 Å². The molecule has 1 atom stereocenters. The van der Waals surface area contributed by atoms with Gasteiger partial charge in [-0.3, -0.25) is 4.79 Å². The van der Waals surface area contributed by atoms with Gasteiger partial charge >= 0.3 is 0 Å². The summed E-state index contributed by atoms with van der Waals surface area (Å²) in [6.45, 7) is 4.41. The number of unbranched alkanes of at least 4 members (excludes halogenated alkanes) is 1. The monoisotopic (exact) mass is 272 g/mol. The highest BCUT2D eigenvalue weighted by atomic mass is 16.1. The lowest BCUT2D eigenvalue weighted by atomic mass is 10.1. The van der Waals surface area contributed by atoms with E-state index in [9.17, 15) is 4.79 Å². The fourth-order valence-electron chi connectivity index (χ4n) is 2.60. The molecule has 2 rings (SSSR count). The van der Waals surface area contributed by atoms with Gasteiger partial charge < -0.3 is 10.3 Å². The average Bonchev–Trinajstić information content (AvgIpc) is 2.45. The zero-order chi connectivity index (χ0) is 14.4. The summed E-state index contributed by atoms with van der Waals surface area (Å²) in [6, 6.07) is 10.2. The zero-order valence-corrected chi connectivity index (χ0v) is 12.4. The molecule has 3 heteroatoms. The minimum absolute atomic E-state index is 0.0173. The van der Waals surface area contributed by atoms with Crippen molar-refractivity contribution in [3.63, 3.8) is 0 Å². The van der Waals surface area contributed by atoms with E-state index in [2.05, 4.69) is 24.1 Å². The Hall–Kier alpha value is -1.77. The van der Waals surface area contributed by atoms with Crippen molar-refractivity contribution in [1.82, 2.24) is 4.98 Å². The first-order valence-electron chi connectivity index (χ1n) is 7.63. The van der Waals surface area contributed by atoms with Gasteiger partial charge in [0.25, 0.3) is 5.56 Å². The molecule has 2 aromatic rings. The minimum atomic E-state index is -0.0173. The molecule has 0 radical (unpaired) electrons. The molecule has 0 saturated carbocycles. The quantitative estimate of drug-likeness (QED) is 0.789. The number of fused-ring (bicyclic) bond motifs is 1. The van der Waals surface area contributed by atoms with E-state index in [1.807, 2.05) is 30.3 Å². The number of pyridine rings is 1. The molecule has 3 nitrogen and oxygen atoms in total. The van der Waals surface area contributed by atoms with E-state index in [4.69, 9.17) is 0 Å².